The van der Waals surface area contributed by atoms with E-state index >= 15 is 0 Å². The zero-order valence-corrected chi connectivity index (χ0v) is 16.0. The van der Waals surface area contributed by atoms with Crippen molar-refractivity contribution in [2.45, 2.75) is 45.3 Å². The summed E-state index contributed by atoms with van der Waals surface area (Å²) >= 11 is 0. The number of para-hydroxylation sites is 1. The first-order valence-electron chi connectivity index (χ1n) is 9.45. The lowest BCUT2D eigenvalue weighted by molar-refractivity contribution is -0.120. The molecule has 1 aliphatic carbocycles. The number of rotatable bonds is 8. The van der Waals surface area contributed by atoms with Crippen molar-refractivity contribution in [2.24, 2.45) is 5.73 Å². The molecule has 1 aliphatic rings. The molecule has 2 N–H and O–H groups in total. The minimum absolute atomic E-state index is 0.0933. The van der Waals surface area contributed by atoms with E-state index in [1.807, 2.05) is 61.2 Å². The summed E-state index contributed by atoms with van der Waals surface area (Å²) in [7, 11) is 0. The van der Waals surface area contributed by atoms with Gasteiger partial charge in [-0.15, -0.1) is 0 Å². The van der Waals surface area contributed by atoms with Gasteiger partial charge in [0.1, 0.15) is 0 Å². The number of benzene rings is 2. The highest BCUT2D eigenvalue weighted by atomic mass is 16.2. The van der Waals surface area contributed by atoms with Crippen molar-refractivity contribution < 1.29 is 9.59 Å². The summed E-state index contributed by atoms with van der Waals surface area (Å²) in [5.74, 6) is -0.317. The van der Waals surface area contributed by atoms with Crippen LogP contribution >= 0.6 is 0 Å². The number of carbonyl (C=O) groups excluding carboxylic acids is 2. The van der Waals surface area contributed by atoms with Crippen LogP contribution in [0.25, 0.3) is 0 Å². The van der Waals surface area contributed by atoms with E-state index in [-0.39, 0.29) is 11.9 Å². The maximum absolute atomic E-state index is 13.1. The highest BCUT2D eigenvalue weighted by Crippen LogP contribution is 2.29. The van der Waals surface area contributed by atoms with Crippen LogP contribution in [-0.4, -0.2) is 35.3 Å². The Labute approximate surface area is 160 Å². The molecule has 5 heteroatoms. The minimum atomic E-state index is -0.425. The molecule has 0 saturated heterocycles. The standard InChI is InChI=1S/C22H27N3O2/c1-16(2)25(20-6-4-3-5-7-20)21(26)15-24(19-12-13-19)14-17-8-10-18(11-9-17)22(23)27/h3-11,16,19H,12-15H2,1-2H3,(H2,23,27). The Hall–Kier alpha value is -2.66. The van der Waals surface area contributed by atoms with E-state index in [2.05, 4.69) is 4.90 Å². The van der Waals surface area contributed by atoms with Crippen LogP contribution in [0.15, 0.2) is 54.6 Å². The van der Waals surface area contributed by atoms with Crippen molar-refractivity contribution in [2.75, 3.05) is 11.4 Å². The Morgan fingerprint density at radius 1 is 1.04 bits per heavy atom. The summed E-state index contributed by atoms with van der Waals surface area (Å²) < 4.78 is 0. The van der Waals surface area contributed by atoms with Gasteiger partial charge >= 0.3 is 0 Å². The SMILES string of the molecule is CC(C)N(C(=O)CN(Cc1ccc(C(N)=O)cc1)C1CC1)c1ccccc1. The van der Waals surface area contributed by atoms with Crippen LogP contribution in [0.4, 0.5) is 5.69 Å². The molecule has 3 rings (SSSR count). The van der Waals surface area contributed by atoms with Gasteiger partial charge < -0.3 is 10.6 Å². The van der Waals surface area contributed by atoms with Gasteiger partial charge in [-0.3, -0.25) is 14.5 Å². The van der Waals surface area contributed by atoms with Gasteiger partial charge in [0.2, 0.25) is 11.8 Å². The van der Waals surface area contributed by atoms with E-state index < -0.39 is 5.91 Å². The van der Waals surface area contributed by atoms with Gasteiger partial charge in [0, 0.05) is 29.9 Å². The second-order valence-corrected chi connectivity index (χ2v) is 7.39. The molecular weight excluding hydrogens is 338 g/mol. The van der Waals surface area contributed by atoms with Crippen LogP contribution in [0.2, 0.25) is 0 Å². The average Bonchev–Trinajstić information content (AvgIpc) is 3.47. The van der Waals surface area contributed by atoms with Crippen LogP contribution in [0.1, 0.15) is 42.6 Å². The molecule has 1 saturated carbocycles. The van der Waals surface area contributed by atoms with Gasteiger partial charge in [0.25, 0.3) is 0 Å². The molecule has 2 aromatic rings. The molecular formula is C22H27N3O2. The van der Waals surface area contributed by atoms with E-state index in [4.69, 9.17) is 5.73 Å². The number of hydrogen-bond donors (Lipinski definition) is 1. The normalized spacial score (nSPS) is 13.8. The summed E-state index contributed by atoms with van der Waals surface area (Å²) in [5.41, 5.74) is 7.82. The molecule has 0 unspecified atom stereocenters. The van der Waals surface area contributed by atoms with E-state index in [1.165, 1.54) is 0 Å². The molecule has 0 radical (unpaired) electrons. The molecule has 0 heterocycles. The second kappa shape index (κ2) is 8.35. The molecule has 1 fully saturated rings. The largest absolute Gasteiger partial charge is 0.366 e. The van der Waals surface area contributed by atoms with Crippen molar-refractivity contribution in [3.05, 3.63) is 65.7 Å². The third-order valence-corrected chi connectivity index (χ3v) is 4.85. The third-order valence-electron chi connectivity index (χ3n) is 4.85. The number of hydrogen-bond acceptors (Lipinski definition) is 3. The quantitative estimate of drug-likeness (QED) is 0.781. The van der Waals surface area contributed by atoms with Crippen molar-refractivity contribution in [3.8, 4) is 0 Å². The van der Waals surface area contributed by atoms with Gasteiger partial charge in [-0.25, -0.2) is 0 Å². The molecule has 2 amide bonds. The number of anilines is 1. The smallest absolute Gasteiger partial charge is 0.248 e. The van der Waals surface area contributed by atoms with Crippen LogP contribution in [-0.2, 0) is 11.3 Å². The van der Waals surface area contributed by atoms with Crippen LogP contribution < -0.4 is 10.6 Å². The minimum Gasteiger partial charge on any atom is -0.366 e. The highest BCUT2D eigenvalue weighted by molar-refractivity contribution is 5.95. The average molecular weight is 365 g/mol. The lowest BCUT2D eigenvalue weighted by atomic mass is 10.1. The fourth-order valence-corrected chi connectivity index (χ4v) is 3.33. The van der Waals surface area contributed by atoms with Gasteiger partial charge in [-0.1, -0.05) is 30.3 Å². The Bertz CT molecular complexity index is 783. The summed E-state index contributed by atoms with van der Waals surface area (Å²) in [4.78, 5) is 28.4. The van der Waals surface area contributed by atoms with E-state index in [0.29, 0.717) is 24.7 Å². The fourth-order valence-electron chi connectivity index (χ4n) is 3.33. The molecule has 0 bridgehead atoms. The predicted molar refractivity (Wildman–Crippen MR) is 107 cm³/mol. The molecule has 0 spiro atoms. The number of nitrogens with zero attached hydrogens (tertiary/aromatic N) is 2. The molecule has 2 aromatic carbocycles. The van der Waals surface area contributed by atoms with Crippen LogP contribution in [0, 0.1) is 0 Å². The van der Waals surface area contributed by atoms with Gasteiger partial charge in [0.15, 0.2) is 0 Å². The number of primary amides is 1. The fraction of sp³-hybridized carbons (Fsp3) is 0.364. The van der Waals surface area contributed by atoms with Crippen molar-refractivity contribution >= 4 is 17.5 Å². The first-order chi connectivity index (χ1) is 13.0. The van der Waals surface area contributed by atoms with Gasteiger partial charge in [-0.05, 0) is 56.5 Å². The van der Waals surface area contributed by atoms with Crippen molar-refractivity contribution in [1.29, 1.82) is 0 Å². The Balaban J connectivity index is 1.71. The first kappa shape index (κ1) is 19.1. The topological polar surface area (TPSA) is 66.6 Å². The predicted octanol–water partition coefficient (Wildman–Crippen LogP) is 3.19. The lowest BCUT2D eigenvalue weighted by Gasteiger charge is -2.30. The number of carbonyl (C=O) groups is 2. The molecule has 0 atom stereocenters. The van der Waals surface area contributed by atoms with Crippen molar-refractivity contribution in [3.63, 3.8) is 0 Å². The maximum atomic E-state index is 13.1. The molecule has 0 aliphatic heterocycles. The summed E-state index contributed by atoms with van der Waals surface area (Å²) in [6, 6.07) is 17.7. The monoisotopic (exact) mass is 365 g/mol. The Morgan fingerprint density at radius 3 is 2.19 bits per heavy atom. The zero-order chi connectivity index (χ0) is 19.4. The summed E-state index contributed by atoms with van der Waals surface area (Å²) in [5, 5.41) is 0. The number of amides is 2. The first-order valence-corrected chi connectivity index (χ1v) is 9.45. The Morgan fingerprint density at radius 2 is 1.67 bits per heavy atom. The number of nitrogens with two attached hydrogens (primary N) is 1. The highest BCUT2D eigenvalue weighted by Gasteiger charge is 2.32. The Kier molecular flexibility index (Phi) is 5.91. The maximum Gasteiger partial charge on any atom is 0.248 e. The summed E-state index contributed by atoms with van der Waals surface area (Å²) in [6.45, 7) is 5.15. The van der Waals surface area contributed by atoms with E-state index in [1.54, 1.807) is 12.1 Å². The molecule has 142 valence electrons. The third kappa shape index (κ3) is 4.95. The lowest BCUT2D eigenvalue weighted by Crippen LogP contribution is -2.44. The second-order valence-electron chi connectivity index (χ2n) is 7.39. The van der Waals surface area contributed by atoms with Crippen LogP contribution in [0.3, 0.4) is 0 Å². The van der Waals surface area contributed by atoms with E-state index in [0.717, 1.165) is 24.1 Å². The van der Waals surface area contributed by atoms with Crippen LogP contribution in [0.5, 0.6) is 0 Å². The summed E-state index contributed by atoms with van der Waals surface area (Å²) in [6.07, 6.45) is 2.25. The van der Waals surface area contributed by atoms with Gasteiger partial charge in [-0.2, -0.15) is 0 Å². The molecule has 27 heavy (non-hydrogen) atoms. The molecule has 5 nitrogen and oxygen atoms in total. The van der Waals surface area contributed by atoms with E-state index in [9.17, 15) is 9.59 Å². The zero-order valence-electron chi connectivity index (χ0n) is 16.0. The van der Waals surface area contributed by atoms with Crippen molar-refractivity contribution in [1.82, 2.24) is 4.90 Å². The van der Waals surface area contributed by atoms with Gasteiger partial charge in [0.05, 0.1) is 6.54 Å². The molecule has 0 aromatic heterocycles.